The molecule has 2 aromatic rings. The second-order valence-corrected chi connectivity index (χ2v) is 11.2. The van der Waals surface area contributed by atoms with Gasteiger partial charge in [-0.3, -0.25) is 4.90 Å². The topological polar surface area (TPSA) is 95.9 Å². The summed E-state index contributed by atoms with van der Waals surface area (Å²) in [5, 5.41) is 0. The van der Waals surface area contributed by atoms with E-state index in [1.807, 2.05) is 17.9 Å². The van der Waals surface area contributed by atoms with E-state index in [-0.39, 0.29) is 28.9 Å². The molecule has 1 aromatic carbocycles. The van der Waals surface area contributed by atoms with Crippen LogP contribution in [0.5, 0.6) is 0 Å². The van der Waals surface area contributed by atoms with Crippen molar-refractivity contribution in [3.05, 3.63) is 48.3 Å². The molecule has 2 fully saturated rings. The predicted molar refractivity (Wildman–Crippen MR) is 129 cm³/mol. The zero-order valence-corrected chi connectivity index (χ0v) is 20.7. The maximum Gasteiger partial charge on any atom is 0.410 e. The minimum Gasteiger partial charge on any atom is -0.446 e. The highest BCUT2D eigenvalue weighted by Crippen LogP contribution is 2.21. The van der Waals surface area contributed by atoms with Gasteiger partial charge in [-0.05, 0) is 25.3 Å². The van der Waals surface area contributed by atoms with Crippen LogP contribution in [0.15, 0.2) is 47.6 Å². The van der Waals surface area contributed by atoms with Crippen LogP contribution in [0.25, 0.3) is 0 Å². The van der Waals surface area contributed by atoms with E-state index in [0.29, 0.717) is 25.6 Å². The Hall–Kier alpha value is -2.72. The number of piperidine rings is 1. The molecule has 0 aliphatic carbocycles. The number of sulfone groups is 1. The standard InChI is InChI=1S/C24H33N5O4S/c1-3-34(31,32)22-15-25-23(26-16-22)28-13-14-29(19(2)17-28)24(30)33-21-9-11-27(12-10-21)18-20-7-5-4-6-8-20/h4-8,15-16,19,21H,3,9-14,17-18H2,1-2H3/t19-/m1/s1. The van der Waals surface area contributed by atoms with Crippen LogP contribution < -0.4 is 4.90 Å². The molecule has 1 aromatic heterocycles. The summed E-state index contributed by atoms with van der Waals surface area (Å²) in [6.45, 7) is 7.95. The molecule has 10 heteroatoms. The highest BCUT2D eigenvalue weighted by molar-refractivity contribution is 7.91. The van der Waals surface area contributed by atoms with Crippen molar-refractivity contribution in [3.8, 4) is 0 Å². The van der Waals surface area contributed by atoms with Gasteiger partial charge in [-0.25, -0.2) is 23.2 Å². The van der Waals surface area contributed by atoms with Gasteiger partial charge in [0.05, 0.1) is 18.1 Å². The second kappa shape index (κ2) is 10.7. The van der Waals surface area contributed by atoms with Crippen LogP contribution in [0.3, 0.4) is 0 Å². The van der Waals surface area contributed by atoms with E-state index in [9.17, 15) is 13.2 Å². The van der Waals surface area contributed by atoms with Crippen LogP contribution in [0.1, 0.15) is 32.3 Å². The van der Waals surface area contributed by atoms with Crippen molar-refractivity contribution in [2.24, 2.45) is 0 Å². The molecule has 0 radical (unpaired) electrons. The van der Waals surface area contributed by atoms with E-state index in [0.717, 1.165) is 32.5 Å². The van der Waals surface area contributed by atoms with Gasteiger partial charge in [-0.15, -0.1) is 0 Å². The first kappa shape index (κ1) is 24.4. The highest BCUT2D eigenvalue weighted by atomic mass is 32.2. The number of carbonyl (C=O) groups excluding carboxylic acids is 1. The number of hydrogen-bond acceptors (Lipinski definition) is 8. The Kier molecular flexibility index (Phi) is 7.67. The summed E-state index contributed by atoms with van der Waals surface area (Å²) in [7, 11) is -3.33. The average Bonchev–Trinajstić information content (AvgIpc) is 2.86. The monoisotopic (exact) mass is 487 g/mol. The summed E-state index contributed by atoms with van der Waals surface area (Å²) in [6, 6.07) is 10.4. The maximum absolute atomic E-state index is 12.9. The summed E-state index contributed by atoms with van der Waals surface area (Å²) in [5.74, 6) is 0.486. The van der Waals surface area contributed by atoms with E-state index in [2.05, 4.69) is 39.1 Å². The lowest BCUT2D eigenvalue weighted by Crippen LogP contribution is -2.55. The molecule has 0 spiro atoms. The molecule has 3 heterocycles. The van der Waals surface area contributed by atoms with Crippen molar-refractivity contribution in [1.82, 2.24) is 19.8 Å². The molecule has 0 unspecified atom stereocenters. The third-order valence-electron chi connectivity index (χ3n) is 6.55. The van der Waals surface area contributed by atoms with E-state index in [1.165, 1.54) is 18.0 Å². The lowest BCUT2D eigenvalue weighted by Gasteiger charge is -2.40. The van der Waals surface area contributed by atoms with Gasteiger partial charge in [-0.1, -0.05) is 37.3 Å². The van der Waals surface area contributed by atoms with Gasteiger partial charge in [0.2, 0.25) is 5.95 Å². The minimum absolute atomic E-state index is 0.0135. The molecular formula is C24H33N5O4S. The Morgan fingerprint density at radius 1 is 1.06 bits per heavy atom. The number of piperazine rings is 1. The van der Waals surface area contributed by atoms with Crippen molar-refractivity contribution in [3.63, 3.8) is 0 Å². The number of likely N-dealkylation sites (tertiary alicyclic amines) is 1. The first-order valence-electron chi connectivity index (χ1n) is 11.9. The largest absolute Gasteiger partial charge is 0.446 e. The number of rotatable bonds is 6. The first-order chi connectivity index (χ1) is 16.4. The van der Waals surface area contributed by atoms with E-state index in [4.69, 9.17) is 4.74 Å². The summed E-state index contributed by atoms with van der Waals surface area (Å²) in [5.41, 5.74) is 1.30. The molecule has 2 aliphatic rings. The summed E-state index contributed by atoms with van der Waals surface area (Å²) >= 11 is 0. The number of aromatic nitrogens is 2. The van der Waals surface area contributed by atoms with Gasteiger partial charge in [0.15, 0.2) is 9.84 Å². The van der Waals surface area contributed by atoms with Crippen LogP contribution in [-0.4, -0.2) is 84.9 Å². The molecular weight excluding hydrogens is 454 g/mol. The van der Waals surface area contributed by atoms with Crippen molar-refractivity contribution in [2.75, 3.05) is 43.4 Å². The Morgan fingerprint density at radius 2 is 1.74 bits per heavy atom. The van der Waals surface area contributed by atoms with E-state index >= 15 is 0 Å². The van der Waals surface area contributed by atoms with Gasteiger partial charge >= 0.3 is 6.09 Å². The van der Waals surface area contributed by atoms with Crippen LogP contribution in [0, 0.1) is 0 Å². The minimum atomic E-state index is -3.33. The SMILES string of the molecule is CCS(=O)(=O)c1cnc(N2CCN(C(=O)OC3CCN(Cc4ccccc4)CC3)[C@H](C)C2)nc1. The number of carbonyl (C=O) groups is 1. The average molecular weight is 488 g/mol. The molecule has 9 nitrogen and oxygen atoms in total. The van der Waals surface area contributed by atoms with Crippen molar-refractivity contribution in [1.29, 1.82) is 0 Å². The number of nitrogens with zero attached hydrogens (tertiary/aromatic N) is 5. The third kappa shape index (κ3) is 5.85. The fourth-order valence-electron chi connectivity index (χ4n) is 4.45. The summed E-state index contributed by atoms with van der Waals surface area (Å²) in [4.78, 5) is 27.6. The van der Waals surface area contributed by atoms with Crippen LogP contribution in [-0.2, 0) is 21.1 Å². The molecule has 34 heavy (non-hydrogen) atoms. The highest BCUT2D eigenvalue weighted by Gasteiger charge is 2.32. The lowest BCUT2D eigenvalue weighted by atomic mass is 10.1. The number of anilines is 1. The van der Waals surface area contributed by atoms with Gasteiger partial charge in [0.1, 0.15) is 11.0 Å². The van der Waals surface area contributed by atoms with Crippen LogP contribution in [0.2, 0.25) is 0 Å². The van der Waals surface area contributed by atoms with Crippen molar-refractivity contribution in [2.45, 2.75) is 50.3 Å². The molecule has 1 atom stereocenters. The summed E-state index contributed by atoms with van der Waals surface area (Å²) < 4.78 is 29.8. The Balaban J connectivity index is 1.25. The van der Waals surface area contributed by atoms with Gasteiger partial charge in [-0.2, -0.15) is 0 Å². The first-order valence-corrected chi connectivity index (χ1v) is 13.5. The molecule has 2 aliphatic heterocycles. The quantitative estimate of drug-likeness (QED) is 0.614. The zero-order valence-electron chi connectivity index (χ0n) is 19.8. The molecule has 0 bridgehead atoms. The van der Waals surface area contributed by atoms with Gasteiger partial charge in [0.25, 0.3) is 0 Å². The number of ether oxygens (including phenoxy) is 1. The molecule has 184 valence electrons. The Bertz CT molecular complexity index is 1060. The van der Waals surface area contributed by atoms with Crippen LogP contribution in [0.4, 0.5) is 10.7 Å². The number of amides is 1. The molecule has 4 rings (SSSR count). The predicted octanol–water partition coefficient (Wildman–Crippen LogP) is 2.58. The van der Waals surface area contributed by atoms with E-state index in [1.54, 1.807) is 11.8 Å². The fraction of sp³-hybridized carbons (Fsp3) is 0.542. The lowest BCUT2D eigenvalue weighted by molar-refractivity contribution is 0.0191. The molecule has 0 N–H and O–H groups in total. The molecule has 1 amide bonds. The fourth-order valence-corrected chi connectivity index (χ4v) is 5.21. The smallest absolute Gasteiger partial charge is 0.410 e. The molecule has 0 saturated carbocycles. The Labute approximate surface area is 201 Å². The van der Waals surface area contributed by atoms with Gasteiger partial charge < -0.3 is 14.5 Å². The third-order valence-corrected chi connectivity index (χ3v) is 8.24. The maximum atomic E-state index is 12.9. The van der Waals surface area contributed by atoms with Gasteiger partial charge in [0, 0.05) is 45.3 Å². The zero-order chi connectivity index (χ0) is 24.1. The van der Waals surface area contributed by atoms with E-state index < -0.39 is 9.84 Å². The number of hydrogen-bond donors (Lipinski definition) is 0. The Morgan fingerprint density at radius 3 is 2.35 bits per heavy atom. The number of benzene rings is 1. The van der Waals surface area contributed by atoms with Crippen LogP contribution >= 0.6 is 0 Å². The van der Waals surface area contributed by atoms with Crippen molar-refractivity contribution >= 4 is 21.9 Å². The second-order valence-electron chi connectivity index (χ2n) is 8.96. The molecule has 2 saturated heterocycles. The van der Waals surface area contributed by atoms with Crippen molar-refractivity contribution < 1.29 is 17.9 Å². The normalized spacial score (nSPS) is 20.4. The summed E-state index contributed by atoms with van der Waals surface area (Å²) in [6.07, 6.45) is 4.08.